The van der Waals surface area contributed by atoms with Crippen molar-refractivity contribution >= 4 is 10.1 Å². The molecule has 0 saturated carbocycles. The molecule has 0 amide bonds. The molecule has 3 saturated heterocycles. The van der Waals surface area contributed by atoms with Crippen LogP contribution in [0.2, 0.25) is 0 Å². The van der Waals surface area contributed by atoms with E-state index in [4.69, 9.17) is 34.1 Å². The van der Waals surface area contributed by atoms with Crippen LogP contribution < -0.4 is 0 Å². The number of ether oxygens (including phenoxy) is 3. The van der Waals surface area contributed by atoms with E-state index in [2.05, 4.69) is 4.90 Å². The molecule has 3 heterocycles. The Bertz CT molecular complexity index is 748. The molecule has 10 atom stereocenters. The normalized spacial score (nSPS) is 39.4. The Kier molecular flexibility index (Phi) is 13.6. The second kappa shape index (κ2) is 15.4. The number of aliphatic hydroxyl groups is 9. The van der Waals surface area contributed by atoms with E-state index in [0.29, 0.717) is 13.1 Å². The van der Waals surface area contributed by atoms with Gasteiger partial charge < -0.3 is 60.2 Å². The van der Waals surface area contributed by atoms with Crippen molar-refractivity contribution in [2.45, 2.75) is 61.4 Å². The van der Waals surface area contributed by atoms with E-state index in [1.807, 2.05) is 4.90 Å². The molecule has 10 N–H and O–H groups in total. The number of aliphatic hydroxyl groups excluding tert-OH is 9. The highest BCUT2D eigenvalue weighted by molar-refractivity contribution is 7.85. The van der Waals surface area contributed by atoms with Crippen molar-refractivity contribution in [3.63, 3.8) is 0 Å². The molecule has 0 aliphatic carbocycles. The molecule has 0 spiro atoms. The largest absolute Gasteiger partial charge is 0.395 e. The van der Waals surface area contributed by atoms with Gasteiger partial charge in [-0.2, -0.15) is 8.42 Å². The van der Waals surface area contributed by atoms with Crippen LogP contribution in [-0.4, -0.2) is 195 Å². The zero-order valence-electron chi connectivity index (χ0n) is 20.7. The van der Waals surface area contributed by atoms with E-state index in [1.54, 1.807) is 0 Å². The van der Waals surface area contributed by atoms with Gasteiger partial charge in [-0.25, -0.2) is 0 Å². The van der Waals surface area contributed by atoms with Gasteiger partial charge in [-0.05, 0) is 0 Å². The number of hydrogen-bond acceptors (Lipinski definition) is 16. The molecule has 17 nitrogen and oxygen atoms in total. The predicted molar refractivity (Wildman–Crippen MR) is 125 cm³/mol. The Balaban J connectivity index is 0.000000293. The lowest BCUT2D eigenvalue weighted by molar-refractivity contribution is -0.376. The molecule has 0 aromatic carbocycles. The average Bonchev–Trinajstić information content (AvgIpc) is 2.88. The van der Waals surface area contributed by atoms with Gasteiger partial charge in [-0.1, -0.05) is 0 Å². The Labute approximate surface area is 219 Å². The van der Waals surface area contributed by atoms with E-state index in [9.17, 15) is 39.1 Å². The van der Waals surface area contributed by atoms with Gasteiger partial charge in [0.05, 0.1) is 25.6 Å². The Hall–Kier alpha value is -0.650. The topological polar surface area (TPSA) is 271 Å². The van der Waals surface area contributed by atoms with Crippen molar-refractivity contribution < 1.29 is 73.1 Å². The molecule has 0 aromatic rings. The van der Waals surface area contributed by atoms with Crippen LogP contribution in [-0.2, 0) is 24.3 Å². The lowest BCUT2D eigenvalue weighted by Gasteiger charge is -2.44. The molecule has 0 aromatic heterocycles. The van der Waals surface area contributed by atoms with Gasteiger partial charge in [-0.15, -0.1) is 0 Å². The van der Waals surface area contributed by atoms with Crippen LogP contribution in [0.4, 0.5) is 0 Å². The van der Waals surface area contributed by atoms with Gasteiger partial charge in [0, 0.05) is 39.3 Å². The first-order valence-corrected chi connectivity index (χ1v) is 13.7. The second-order valence-electron chi connectivity index (χ2n) is 9.22. The van der Waals surface area contributed by atoms with Crippen LogP contribution in [0.5, 0.6) is 0 Å². The number of rotatable bonds is 9. The van der Waals surface area contributed by atoms with E-state index in [1.165, 1.54) is 0 Å². The van der Waals surface area contributed by atoms with Crippen molar-refractivity contribution in [2.75, 3.05) is 64.8 Å². The van der Waals surface area contributed by atoms with Gasteiger partial charge in [0.2, 0.25) is 0 Å². The number of hydrogen-bond donors (Lipinski definition) is 10. The molecule has 3 aliphatic rings. The van der Waals surface area contributed by atoms with Gasteiger partial charge in [0.15, 0.2) is 12.6 Å². The monoisotopic (exact) mass is 580 g/mol. The van der Waals surface area contributed by atoms with Crippen molar-refractivity contribution in [1.29, 1.82) is 0 Å². The van der Waals surface area contributed by atoms with Gasteiger partial charge in [0.1, 0.15) is 48.8 Å². The van der Waals surface area contributed by atoms with Crippen LogP contribution >= 0.6 is 0 Å². The first kappa shape index (κ1) is 33.6. The summed E-state index contributed by atoms with van der Waals surface area (Å²) in [5, 5.41) is 85.2. The van der Waals surface area contributed by atoms with Crippen LogP contribution in [0.1, 0.15) is 0 Å². The van der Waals surface area contributed by atoms with Gasteiger partial charge in [0.25, 0.3) is 10.1 Å². The second-order valence-corrected chi connectivity index (χ2v) is 10.8. The number of piperazine rings is 1. The minimum atomic E-state index is -3.84. The zero-order valence-corrected chi connectivity index (χ0v) is 21.5. The third-order valence-electron chi connectivity index (χ3n) is 6.51. The maximum atomic E-state index is 10.5. The number of β-amino-alcohol motifs (C(OH)–C–C–N with tert-alkyl or cyclic N) is 1. The van der Waals surface area contributed by atoms with Gasteiger partial charge in [-0.3, -0.25) is 14.4 Å². The fraction of sp³-hybridized carbons (Fsp3) is 1.00. The third-order valence-corrected chi connectivity index (χ3v) is 7.21. The van der Waals surface area contributed by atoms with Crippen LogP contribution in [0, 0.1) is 0 Å². The van der Waals surface area contributed by atoms with E-state index < -0.39 is 84.7 Å². The van der Waals surface area contributed by atoms with E-state index >= 15 is 0 Å². The minimum Gasteiger partial charge on any atom is -0.395 e. The summed E-state index contributed by atoms with van der Waals surface area (Å²) in [5.41, 5.74) is 0. The standard InChI is InChI=1S/C12H22O11.C8H18N2O4S/c13-1-3-5(15)7(17)9(19)11(21-3)23-12-10(20)8(18)6(16)4(2-14)22-12;11-7-5-9-1-3-10(4-2-9)6-8-15(12,13)14/h3-20H,1-2H2;11H,1-8H2,(H,12,13,14)/t3-,4-,5-,6-,7+,8+,9-,10-,11-,12-;/m1./s1. The van der Waals surface area contributed by atoms with Crippen molar-refractivity contribution in [1.82, 2.24) is 9.80 Å². The quantitative estimate of drug-likeness (QED) is 0.113. The third kappa shape index (κ3) is 9.47. The molecular formula is C20H40N2O15S. The van der Waals surface area contributed by atoms with Crippen molar-refractivity contribution in [2.24, 2.45) is 0 Å². The lowest BCUT2D eigenvalue weighted by atomic mass is 9.98. The molecule has 226 valence electrons. The molecule has 3 fully saturated rings. The van der Waals surface area contributed by atoms with Crippen molar-refractivity contribution in [3.05, 3.63) is 0 Å². The first-order valence-electron chi connectivity index (χ1n) is 12.1. The predicted octanol–water partition coefficient (Wildman–Crippen LogP) is -6.91. The summed E-state index contributed by atoms with van der Waals surface area (Å²) >= 11 is 0. The van der Waals surface area contributed by atoms with Crippen LogP contribution in [0.25, 0.3) is 0 Å². The Morgan fingerprint density at radius 2 is 1.05 bits per heavy atom. The van der Waals surface area contributed by atoms with E-state index in [-0.39, 0.29) is 12.4 Å². The summed E-state index contributed by atoms with van der Waals surface area (Å²) in [6, 6.07) is 0. The highest BCUT2D eigenvalue weighted by Crippen LogP contribution is 2.27. The molecule has 0 bridgehead atoms. The summed E-state index contributed by atoms with van der Waals surface area (Å²) in [7, 11) is -3.84. The van der Waals surface area contributed by atoms with Crippen LogP contribution in [0.15, 0.2) is 0 Å². The molecule has 38 heavy (non-hydrogen) atoms. The molecule has 3 rings (SSSR count). The maximum Gasteiger partial charge on any atom is 0.266 e. The minimum absolute atomic E-state index is 0.158. The summed E-state index contributed by atoms with van der Waals surface area (Å²) in [4.78, 5) is 4.13. The average molecular weight is 581 g/mol. The highest BCUT2D eigenvalue weighted by atomic mass is 32.2. The summed E-state index contributed by atoms with van der Waals surface area (Å²) in [6.07, 6.45) is -15.6. The smallest absolute Gasteiger partial charge is 0.266 e. The maximum absolute atomic E-state index is 10.5. The molecule has 0 unspecified atom stereocenters. The zero-order chi connectivity index (χ0) is 28.6. The van der Waals surface area contributed by atoms with Crippen molar-refractivity contribution in [3.8, 4) is 0 Å². The molecule has 18 heteroatoms. The first-order chi connectivity index (χ1) is 17.8. The number of nitrogens with zero attached hydrogens (tertiary/aromatic N) is 2. The summed E-state index contributed by atoms with van der Waals surface area (Å²) in [6.45, 7) is 3.13. The van der Waals surface area contributed by atoms with Crippen LogP contribution in [0.3, 0.4) is 0 Å². The fourth-order valence-corrected chi connectivity index (χ4v) is 4.60. The fourth-order valence-electron chi connectivity index (χ4n) is 4.11. The molecule has 3 aliphatic heterocycles. The summed E-state index contributed by atoms with van der Waals surface area (Å²) in [5.74, 6) is -0.201. The Morgan fingerprint density at radius 3 is 1.39 bits per heavy atom. The summed E-state index contributed by atoms with van der Waals surface area (Å²) < 4.78 is 45.0. The highest BCUT2D eigenvalue weighted by Gasteiger charge is 2.49. The molecule has 0 radical (unpaired) electrons. The Morgan fingerprint density at radius 1 is 0.658 bits per heavy atom. The SMILES string of the molecule is O=S(=O)(O)CCN1CCN(CCO)CC1.OC[C@H]1O[C@H](O[C@H]2O[C@H](CO)[C@@H](O)[C@H](O)[C@H]2O)[C@H](O)[C@@H](O)[C@@H]1O. The molecular weight excluding hydrogens is 540 g/mol. The van der Waals surface area contributed by atoms with E-state index in [0.717, 1.165) is 26.2 Å². The van der Waals surface area contributed by atoms with Gasteiger partial charge >= 0.3 is 0 Å². The lowest BCUT2D eigenvalue weighted by Crippen LogP contribution is -2.63.